The number of carbonyl (C=O) groups excluding carboxylic acids is 1. The van der Waals surface area contributed by atoms with Crippen LogP contribution in [-0.2, 0) is 0 Å². The van der Waals surface area contributed by atoms with Gasteiger partial charge >= 0.3 is 0 Å². The molecule has 1 atom stereocenters. The van der Waals surface area contributed by atoms with Crippen LogP contribution < -0.4 is 0 Å². The molecule has 5 heteroatoms. The molecule has 0 aromatic heterocycles. The van der Waals surface area contributed by atoms with Gasteiger partial charge in [0, 0.05) is 6.54 Å². The Morgan fingerprint density at radius 2 is 2.35 bits per heavy atom. The first-order valence-electron chi connectivity index (χ1n) is 5.51. The first kappa shape index (κ1) is 12.5. The van der Waals surface area contributed by atoms with E-state index in [1.807, 2.05) is 0 Å². The van der Waals surface area contributed by atoms with Crippen LogP contribution in [0.5, 0.6) is 0 Å². The fourth-order valence-corrected chi connectivity index (χ4v) is 2.55. The Balaban J connectivity index is 2.28. The summed E-state index contributed by atoms with van der Waals surface area (Å²) in [7, 11) is 0. The molecule has 0 saturated carbocycles. The first-order valence-corrected chi connectivity index (χ1v) is 6.30. The van der Waals surface area contributed by atoms with Crippen molar-refractivity contribution in [3.8, 4) is 0 Å². The van der Waals surface area contributed by atoms with Gasteiger partial charge in [0.05, 0.1) is 22.7 Å². The highest BCUT2D eigenvalue weighted by atomic mass is 79.9. The van der Waals surface area contributed by atoms with E-state index in [1.54, 1.807) is 11.0 Å². The van der Waals surface area contributed by atoms with E-state index in [9.17, 15) is 14.3 Å². The molecule has 3 nitrogen and oxygen atoms in total. The van der Waals surface area contributed by atoms with E-state index in [4.69, 9.17) is 0 Å². The normalized spacial score (nSPS) is 19.7. The van der Waals surface area contributed by atoms with Gasteiger partial charge in [0.1, 0.15) is 5.82 Å². The van der Waals surface area contributed by atoms with Gasteiger partial charge < -0.3 is 10.0 Å². The summed E-state index contributed by atoms with van der Waals surface area (Å²) in [5.74, 6) is -0.677. The molecule has 1 fully saturated rings. The van der Waals surface area contributed by atoms with Crippen molar-refractivity contribution in [2.75, 3.05) is 13.2 Å². The lowest BCUT2D eigenvalue weighted by atomic mass is 10.1. The number of likely N-dealkylation sites (tertiary alicyclic amines) is 1. The van der Waals surface area contributed by atoms with E-state index in [0.29, 0.717) is 12.1 Å². The number of hydrogen-bond acceptors (Lipinski definition) is 2. The molecule has 1 amide bonds. The van der Waals surface area contributed by atoms with Gasteiger partial charge in [0.2, 0.25) is 0 Å². The highest BCUT2D eigenvalue weighted by molar-refractivity contribution is 9.10. The van der Waals surface area contributed by atoms with Crippen LogP contribution >= 0.6 is 15.9 Å². The van der Waals surface area contributed by atoms with Crippen molar-refractivity contribution >= 4 is 21.8 Å². The highest BCUT2D eigenvalue weighted by Crippen LogP contribution is 2.25. The number of halogens is 2. The van der Waals surface area contributed by atoms with Gasteiger partial charge in [0.25, 0.3) is 5.91 Å². The third-order valence-corrected chi connectivity index (χ3v) is 3.84. The lowest BCUT2D eigenvalue weighted by molar-refractivity contribution is 0.0676. The predicted molar refractivity (Wildman–Crippen MR) is 65.2 cm³/mol. The SMILES string of the molecule is O=C(c1cccc(F)c1Br)N1CCC[C@@H]1CO. The topological polar surface area (TPSA) is 40.5 Å². The Labute approximate surface area is 107 Å². The zero-order valence-electron chi connectivity index (χ0n) is 9.20. The average molecular weight is 302 g/mol. The molecule has 1 N–H and O–H groups in total. The molecule has 1 aromatic carbocycles. The van der Waals surface area contributed by atoms with E-state index in [0.717, 1.165) is 12.8 Å². The maximum atomic E-state index is 13.3. The van der Waals surface area contributed by atoms with Gasteiger partial charge in [-0.05, 0) is 40.9 Å². The Kier molecular flexibility index (Phi) is 3.79. The third kappa shape index (κ3) is 2.35. The zero-order chi connectivity index (χ0) is 12.4. The molecule has 1 aliphatic rings. The molecule has 1 heterocycles. The summed E-state index contributed by atoms with van der Waals surface area (Å²) in [6, 6.07) is 4.26. The molecule has 1 saturated heterocycles. The summed E-state index contributed by atoms with van der Waals surface area (Å²) in [5, 5.41) is 9.18. The van der Waals surface area contributed by atoms with Gasteiger partial charge in [-0.2, -0.15) is 0 Å². The van der Waals surface area contributed by atoms with Crippen molar-refractivity contribution in [2.24, 2.45) is 0 Å². The average Bonchev–Trinajstić information content (AvgIpc) is 2.80. The molecule has 17 heavy (non-hydrogen) atoms. The summed E-state index contributed by atoms with van der Waals surface area (Å²) < 4.78 is 13.5. The molecule has 0 unspecified atom stereocenters. The summed E-state index contributed by atoms with van der Waals surface area (Å²) in [5.41, 5.74) is 0.311. The number of hydrogen-bond donors (Lipinski definition) is 1. The molecule has 0 aliphatic carbocycles. The number of nitrogens with zero attached hydrogens (tertiary/aromatic N) is 1. The monoisotopic (exact) mass is 301 g/mol. The molecule has 0 spiro atoms. The summed E-state index contributed by atoms with van der Waals surface area (Å²) >= 11 is 3.08. The maximum Gasteiger partial charge on any atom is 0.255 e. The van der Waals surface area contributed by atoms with E-state index in [-0.39, 0.29) is 23.0 Å². The van der Waals surface area contributed by atoms with Crippen LogP contribution in [-0.4, -0.2) is 35.1 Å². The standard InChI is InChI=1S/C12H13BrFNO2/c13-11-9(4-1-5-10(11)14)12(17)15-6-2-3-8(15)7-16/h1,4-5,8,16H,2-3,6-7H2/t8-/m1/s1. The molecular formula is C12H13BrFNO2. The van der Waals surface area contributed by atoms with Gasteiger partial charge in [-0.15, -0.1) is 0 Å². The van der Waals surface area contributed by atoms with Crippen LogP contribution in [0, 0.1) is 5.82 Å². The lowest BCUT2D eigenvalue weighted by Gasteiger charge is -2.23. The van der Waals surface area contributed by atoms with Crippen LogP contribution in [0.2, 0.25) is 0 Å². The predicted octanol–water partition coefficient (Wildman–Crippen LogP) is 2.19. The van der Waals surface area contributed by atoms with E-state index in [1.165, 1.54) is 12.1 Å². The van der Waals surface area contributed by atoms with Gasteiger partial charge in [-0.1, -0.05) is 6.07 Å². The summed E-state index contributed by atoms with van der Waals surface area (Å²) in [4.78, 5) is 13.8. The van der Waals surface area contributed by atoms with Crippen molar-refractivity contribution in [1.29, 1.82) is 0 Å². The number of benzene rings is 1. The Hall–Kier alpha value is -0.940. The number of amides is 1. The van der Waals surface area contributed by atoms with E-state index >= 15 is 0 Å². The first-order chi connectivity index (χ1) is 8.15. The maximum absolute atomic E-state index is 13.3. The second kappa shape index (κ2) is 5.14. The highest BCUT2D eigenvalue weighted by Gasteiger charge is 2.30. The fraction of sp³-hybridized carbons (Fsp3) is 0.417. The van der Waals surface area contributed by atoms with Crippen molar-refractivity contribution < 1.29 is 14.3 Å². The van der Waals surface area contributed by atoms with Crippen molar-refractivity contribution in [3.05, 3.63) is 34.1 Å². The third-order valence-electron chi connectivity index (χ3n) is 3.03. The van der Waals surface area contributed by atoms with Crippen molar-refractivity contribution in [2.45, 2.75) is 18.9 Å². The minimum Gasteiger partial charge on any atom is -0.394 e. The molecule has 92 valence electrons. The van der Waals surface area contributed by atoms with Gasteiger partial charge in [-0.25, -0.2) is 4.39 Å². The van der Waals surface area contributed by atoms with Crippen LogP contribution in [0.15, 0.2) is 22.7 Å². The minimum atomic E-state index is -0.449. The van der Waals surface area contributed by atoms with E-state index < -0.39 is 5.82 Å². The van der Waals surface area contributed by atoms with Crippen LogP contribution in [0.3, 0.4) is 0 Å². The molecule has 1 aliphatic heterocycles. The number of aliphatic hydroxyl groups is 1. The van der Waals surface area contributed by atoms with Gasteiger partial charge in [0.15, 0.2) is 0 Å². The second-order valence-electron chi connectivity index (χ2n) is 4.08. The lowest BCUT2D eigenvalue weighted by Crippen LogP contribution is -2.37. The molecular weight excluding hydrogens is 289 g/mol. The quantitative estimate of drug-likeness (QED) is 0.910. The zero-order valence-corrected chi connectivity index (χ0v) is 10.8. The number of aliphatic hydroxyl groups excluding tert-OH is 1. The molecule has 0 radical (unpaired) electrons. The van der Waals surface area contributed by atoms with Gasteiger partial charge in [-0.3, -0.25) is 4.79 Å². The smallest absolute Gasteiger partial charge is 0.255 e. The molecule has 0 bridgehead atoms. The number of carbonyl (C=O) groups is 1. The van der Waals surface area contributed by atoms with Crippen molar-refractivity contribution in [1.82, 2.24) is 4.90 Å². The van der Waals surface area contributed by atoms with Crippen LogP contribution in [0.25, 0.3) is 0 Å². The van der Waals surface area contributed by atoms with E-state index in [2.05, 4.69) is 15.9 Å². The summed E-state index contributed by atoms with van der Waals surface area (Å²) in [6.07, 6.45) is 1.68. The van der Waals surface area contributed by atoms with Crippen molar-refractivity contribution in [3.63, 3.8) is 0 Å². The molecule has 1 aromatic rings. The Morgan fingerprint density at radius 3 is 3.06 bits per heavy atom. The molecule has 2 rings (SSSR count). The minimum absolute atomic E-state index is 0.0430. The second-order valence-corrected chi connectivity index (χ2v) is 4.87. The Bertz CT molecular complexity index is 439. The summed E-state index contributed by atoms with van der Waals surface area (Å²) in [6.45, 7) is 0.575. The fourth-order valence-electron chi connectivity index (χ4n) is 2.12. The largest absolute Gasteiger partial charge is 0.394 e. The van der Waals surface area contributed by atoms with Crippen LogP contribution in [0.4, 0.5) is 4.39 Å². The number of rotatable bonds is 2. The van der Waals surface area contributed by atoms with Crippen LogP contribution in [0.1, 0.15) is 23.2 Å². The Morgan fingerprint density at radius 1 is 1.59 bits per heavy atom.